The Morgan fingerprint density at radius 2 is 1.97 bits per heavy atom. The van der Waals surface area contributed by atoms with Crippen molar-refractivity contribution in [1.29, 1.82) is 0 Å². The number of carbonyl (C=O) groups excluding carboxylic acids is 1. The second-order valence-corrected chi connectivity index (χ2v) is 7.99. The first kappa shape index (κ1) is 21.8. The fraction of sp³-hybridized carbons (Fsp3) is 0.545. The highest BCUT2D eigenvalue weighted by atomic mass is 16.5. The highest BCUT2D eigenvalue weighted by Gasteiger charge is 2.15. The van der Waals surface area contributed by atoms with E-state index in [1.165, 1.54) is 0 Å². The second-order valence-electron chi connectivity index (χ2n) is 7.99. The van der Waals surface area contributed by atoms with E-state index in [1.54, 1.807) is 7.11 Å². The molecule has 1 aromatic carbocycles. The number of unbranched alkanes of at least 4 members (excludes halogenated alkanes) is 2. The lowest BCUT2D eigenvalue weighted by Crippen LogP contribution is -2.10. The minimum atomic E-state index is -0.112. The molecule has 0 fully saturated rings. The van der Waals surface area contributed by atoms with Crippen molar-refractivity contribution in [1.82, 2.24) is 19.6 Å². The summed E-state index contributed by atoms with van der Waals surface area (Å²) in [6.45, 7) is 9.23. The van der Waals surface area contributed by atoms with Crippen molar-refractivity contribution in [3.05, 3.63) is 23.5 Å². The molecule has 0 aliphatic rings. The topological polar surface area (TPSA) is 90.6 Å². The van der Waals surface area contributed by atoms with Gasteiger partial charge in [-0.1, -0.05) is 20.3 Å². The van der Waals surface area contributed by atoms with Crippen LogP contribution in [0.3, 0.4) is 0 Å². The van der Waals surface area contributed by atoms with Crippen LogP contribution in [0.2, 0.25) is 0 Å². The van der Waals surface area contributed by atoms with Crippen LogP contribution < -0.4 is 10.1 Å². The van der Waals surface area contributed by atoms with E-state index in [4.69, 9.17) is 14.5 Å². The van der Waals surface area contributed by atoms with Gasteiger partial charge in [-0.3, -0.25) is 9.20 Å². The van der Waals surface area contributed by atoms with Crippen LogP contribution in [0.5, 0.6) is 5.75 Å². The van der Waals surface area contributed by atoms with Crippen LogP contribution >= 0.6 is 0 Å². The fourth-order valence-electron chi connectivity index (χ4n) is 3.35. The van der Waals surface area contributed by atoms with Gasteiger partial charge in [0.25, 0.3) is 0 Å². The van der Waals surface area contributed by atoms with E-state index < -0.39 is 0 Å². The monoisotopic (exact) mass is 413 g/mol. The zero-order chi connectivity index (χ0) is 21.7. The minimum absolute atomic E-state index is 0.112. The summed E-state index contributed by atoms with van der Waals surface area (Å²) in [6, 6.07) is 3.99. The summed E-state index contributed by atoms with van der Waals surface area (Å²) in [4.78, 5) is 16.4. The van der Waals surface area contributed by atoms with Crippen LogP contribution in [0.15, 0.2) is 12.1 Å². The summed E-state index contributed by atoms with van der Waals surface area (Å²) in [5.41, 5.74) is 3.50. The van der Waals surface area contributed by atoms with Crippen molar-refractivity contribution >= 4 is 28.5 Å². The summed E-state index contributed by atoms with van der Waals surface area (Å²) in [5, 5.41) is 11.9. The van der Waals surface area contributed by atoms with E-state index in [-0.39, 0.29) is 5.97 Å². The van der Waals surface area contributed by atoms with Gasteiger partial charge in [-0.2, -0.15) is 0 Å². The SMILES string of the molecule is COc1cc2c(cc1C)nc(NCCCCCC(=O)OCC(C)C)c1nnc(C)n12. The minimum Gasteiger partial charge on any atom is -0.496 e. The number of methoxy groups -OCH3 is 1. The van der Waals surface area contributed by atoms with Crippen molar-refractivity contribution in [2.45, 2.75) is 53.4 Å². The standard InChI is InChI=1S/C22H31N5O3/c1-14(2)13-30-20(28)9-7-6-8-10-23-21-22-26-25-16(4)27(22)18-12-19(29-5)15(3)11-17(18)24-21/h11-12,14H,6-10,13H2,1-5H3,(H,23,24). The third-order valence-electron chi connectivity index (χ3n) is 4.93. The van der Waals surface area contributed by atoms with Crippen LogP contribution in [-0.2, 0) is 9.53 Å². The quantitative estimate of drug-likeness (QED) is 0.396. The molecule has 3 aromatic rings. The summed E-state index contributed by atoms with van der Waals surface area (Å²) < 4.78 is 12.7. The number of fused-ring (bicyclic) bond motifs is 3. The Kier molecular flexibility index (Phi) is 7.07. The smallest absolute Gasteiger partial charge is 0.305 e. The average Bonchev–Trinajstić information content (AvgIpc) is 3.10. The van der Waals surface area contributed by atoms with Crippen LogP contribution in [0, 0.1) is 19.8 Å². The van der Waals surface area contributed by atoms with E-state index in [0.29, 0.717) is 30.4 Å². The van der Waals surface area contributed by atoms with Gasteiger partial charge in [-0.05, 0) is 44.2 Å². The number of esters is 1. The third-order valence-corrected chi connectivity index (χ3v) is 4.93. The normalized spacial score (nSPS) is 11.4. The highest BCUT2D eigenvalue weighted by Crippen LogP contribution is 2.28. The molecule has 0 spiro atoms. The molecule has 0 atom stereocenters. The van der Waals surface area contributed by atoms with Gasteiger partial charge >= 0.3 is 5.97 Å². The van der Waals surface area contributed by atoms with Crippen molar-refractivity contribution in [3.63, 3.8) is 0 Å². The molecule has 162 valence electrons. The molecule has 2 aromatic heterocycles. The van der Waals surface area contributed by atoms with Crippen molar-refractivity contribution < 1.29 is 14.3 Å². The lowest BCUT2D eigenvalue weighted by molar-refractivity contribution is -0.144. The fourth-order valence-corrected chi connectivity index (χ4v) is 3.35. The molecule has 0 amide bonds. The summed E-state index contributed by atoms with van der Waals surface area (Å²) in [5.74, 6) is 2.58. The number of aryl methyl sites for hydroxylation is 2. The van der Waals surface area contributed by atoms with E-state index >= 15 is 0 Å². The molecule has 0 saturated heterocycles. The molecule has 2 heterocycles. The Morgan fingerprint density at radius 1 is 1.17 bits per heavy atom. The van der Waals surface area contributed by atoms with E-state index in [0.717, 1.165) is 54.0 Å². The van der Waals surface area contributed by atoms with Gasteiger partial charge in [0.2, 0.25) is 5.65 Å². The number of ether oxygens (including phenoxy) is 2. The van der Waals surface area contributed by atoms with E-state index in [9.17, 15) is 4.79 Å². The molecule has 0 aliphatic heterocycles. The Morgan fingerprint density at radius 3 is 2.70 bits per heavy atom. The lowest BCUT2D eigenvalue weighted by Gasteiger charge is -2.12. The number of nitrogens with zero attached hydrogens (tertiary/aromatic N) is 4. The number of anilines is 1. The Balaban J connectivity index is 1.63. The molecule has 8 nitrogen and oxygen atoms in total. The van der Waals surface area contributed by atoms with E-state index in [2.05, 4.69) is 15.5 Å². The van der Waals surface area contributed by atoms with Gasteiger partial charge in [-0.25, -0.2) is 4.98 Å². The number of aromatic nitrogens is 4. The third kappa shape index (κ3) is 4.98. The number of benzene rings is 1. The molecule has 0 radical (unpaired) electrons. The van der Waals surface area contributed by atoms with Crippen LogP contribution in [0.4, 0.5) is 5.82 Å². The van der Waals surface area contributed by atoms with Crippen LogP contribution in [0.25, 0.3) is 16.7 Å². The van der Waals surface area contributed by atoms with Crippen molar-refractivity contribution in [2.24, 2.45) is 5.92 Å². The van der Waals surface area contributed by atoms with Gasteiger partial charge in [0.05, 0.1) is 24.8 Å². The maximum Gasteiger partial charge on any atom is 0.305 e. The van der Waals surface area contributed by atoms with Crippen molar-refractivity contribution in [2.75, 3.05) is 25.6 Å². The van der Waals surface area contributed by atoms with Gasteiger partial charge in [-0.15, -0.1) is 10.2 Å². The molecular weight excluding hydrogens is 382 g/mol. The zero-order valence-electron chi connectivity index (χ0n) is 18.5. The molecular formula is C22H31N5O3. The molecule has 0 unspecified atom stereocenters. The number of rotatable bonds is 10. The lowest BCUT2D eigenvalue weighted by atomic mass is 10.2. The Bertz CT molecular complexity index is 1030. The van der Waals surface area contributed by atoms with E-state index in [1.807, 2.05) is 44.2 Å². The van der Waals surface area contributed by atoms with Crippen molar-refractivity contribution in [3.8, 4) is 5.75 Å². The number of nitrogens with one attached hydrogen (secondary N) is 1. The van der Waals surface area contributed by atoms with Crippen LogP contribution in [0.1, 0.15) is 50.9 Å². The molecule has 30 heavy (non-hydrogen) atoms. The number of hydrogen-bond acceptors (Lipinski definition) is 7. The Labute approximate surface area is 177 Å². The first-order valence-electron chi connectivity index (χ1n) is 10.5. The molecule has 0 aliphatic carbocycles. The average molecular weight is 414 g/mol. The maximum atomic E-state index is 11.7. The van der Waals surface area contributed by atoms with Gasteiger partial charge in [0.15, 0.2) is 5.82 Å². The molecule has 3 rings (SSSR count). The second kappa shape index (κ2) is 9.73. The van der Waals surface area contributed by atoms with Gasteiger partial charge < -0.3 is 14.8 Å². The van der Waals surface area contributed by atoms with Crippen LogP contribution in [-0.4, -0.2) is 45.8 Å². The van der Waals surface area contributed by atoms with Gasteiger partial charge in [0.1, 0.15) is 11.6 Å². The predicted molar refractivity (Wildman–Crippen MR) is 117 cm³/mol. The number of hydrogen-bond donors (Lipinski definition) is 1. The largest absolute Gasteiger partial charge is 0.496 e. The maximum absolute atomic E-state index is 11.7. The molecule has 1 N–H and O–H groups in total. The first-order valence-corrected chi connectivity index (χ1v) is 10.5. The molecule has 8 heteroatoms. The highest BCUT2D eigenvalue weighted by molar-refractivity contribution is 5.85. The summed E-state index contributed by atoms with van der Waals surface area (Å²) in [6.07, 6.45) is 3.16. The summed E-state index contributed by atoms with van der Waals surface area (Å²) in [7, 11) is 1.66. The Hall–Kier alpha value is -2.90. The molecule has 0 saturated carbocycles. The zero-order valence-corrected chi connectivity index (χ0v) is 18.5. The molecule has 0 bridgehead atoms. The summed E-state index contributed by atoms with van der Waals surface area (Å²) >= 11 is 0. The predicted octanol–water partition coefficient (Wildman–Crippen LogP) is 4.07. The number of carbonyl (C=O) groups is 1. The first-order chi connectivity index (χ1) is 14.4. The van der Waals surface area contributed by atoms with Gasteiger partial charge in [0, 0.05) is 19.0 Å².